The normalized spacial score (nSPS) is 9.20. The van der Waals surface area contributed by atoms with E-state index in [-0.39, 0.29) is 5.28 Å². The monoisotopic (exact) mass is 156 g/mol. The molecule has 0 atom stereocenters. The van der Waals surface area contributed by atoms with Gasteiger partial charge in [0.1, 0.15) is 6.33 Å². The Kier molecular flexibility index (Phi) is 2.24. The second-order valence-corrected chi connectivity index (χ2v) is 2.02. The predicted octanol–water partition coefficient (Wildman–Crippen LogP) is 0.845. The zero-order chi connectivity index (χ0) is 7.40. The fourth-order valence-corrected chi connectivity index (χ4v) is 0.685. The van der Waals surface area contributed by atoms with E-state index in [4.69, 9.17) is 16.9 Å². The second kappa shape index (κ2) is 3.18. The number of hydrogen-bond acceptors (Lipinski definition) is 3. The highest BCUT2D eigenvalue weighted by Crippen LogP contribution is 1.96. The molecule has 1 heterocycles. The molecule has 0 aliphatic rings. The average molecular weight is 157 g/mol. The lowest BCUT2D eigenvalue weighted by molar-refractivity contribution is 0.626. The van der Waals surface area contributed by atoms with E-state index in [1.54, 1.807) is 0 Å². The summed E-state index contributed by atoms with van der Waals surface area (Å²) in [5.41, 5.74) is 0. The van der Waals surface area contributed by atoms with Gasteiger partial charge in [-0.1, -0.05) is 0 Å². The number of aryl methyl sites for hydroxylation is 1. The van der Waals surface area contributed by atoms with E-state index in [1.807, 2.05) is 6.07 Å². The van der Waals surface area contributed by atoms with E-state index in [2.05, 4.69) is 10.1 Å². The Labute approximate surface area is 63.0 Å². The van der Waals surface area contributed by atoms with Crippen LogP contribution in [-0.2, 0) is 6.54 Å². The highest BCUT2D eigenvalue weighted by atomic mass is 35.5. The average Bonchev–Trinajstić information content (AvgIpc) is 2.31. The number of aromatic nitrogens is 3. The van der Waals surface area contributed by atoms with Gasteiger partial charge in [0.25, 0.3) is 0 Å². The molecule has 52 valence electrons. The summed E-state index contributed by atoms with van der Waals surface area (Å²) in [5, 5.41) is 12.2. The van der Waals surface area contributed by atoms with Crippen LogP contribution in [-0.4, -0.2) is 14.8 Å². The van der Waals surface area contributed by atoms with Crippen molar-refractivity contribution in [2.24, 2.45) is 0 Å². The first kappa shape index (κ1) is 7.03. The standard InChI is InChI=1S/C5H5ClN4/c6-5-8-4-10(9-5)3-1-2-7/h4H,1,3H2. The van der Waals surface area contributed by atoms with Gasteiger partial charge in [0.2, 0.25) is 5.28 Å². The van der Waals surface area contributed by atoms with Crippen molar-refractivity contribution in [1.29, 1.82) is 5.26 Å². The Hall–Kier alpha value is -1.08. The number of hydrogen-bond donors (Lipinski definition) is 0. The number of nitriles is 1. The van der Waals surface area contributed by atoms with Gasteiger partial charge in [-0.15, -0.1) is 5.10 Å². The van der Waals surface area contributed by atoms with Crippen molar-refractivity contribution in [3.63, 3.8) is 0 Å². The van der Waals surface area contributed by atoms with Crippen LogP contribution in [0.4, 0.5) is 0 Å². The molecule has 0 saturated carbocycles. The van der Waals surface area contributed by atoms with Gasteiger partial charge in [-0.2, -0.15) is 5.26 Å². The number of halogens is 1. The largest absolute Gasteiger partial charge is 0.250 e. The van der Waals surface area contributed by atoms with Crippen LogP contribution in [0.2, 0.25) is 5.28 Å². The molecular weight excluding hydrogens is 152 g/mol. The summed E-state index contributed by atoms with van der Waals surface area (Å²) in [6.45, 7) is 0.552. The first-order chi connectivity index (χ1) is 4.83. The van der Waals surface area contributed by atoms with Crippen LogP contribution in [0.3, 0.4) is 0 Å². The van der Waals surface area contributed by atoms with Gasteiger partial charge in [0, 0.05) is 0 Å². The fourth-order valence-electron chi connectivity index (χ4n) is 0.544. The van der Waals surface area contributed by atoms with Crippen LogP contribution in [0, 0.1) is 11.3 Å². The summed E-state index contributed by atoms with van der Waals surface area (Å²) in [4.78, 5) is 3.68. The van der Waals surface area contributed by atoms with Crippen LogP contribution in [0.1, 0.15) is 6.42 Å². The van der Waals surface area contributed by atoms with E-state index < -0.39 is 0 Å². The summed E-state index contributed by atoms with van der Waals surface area (Å²) >= 11 is 5.41. The summed E-state index contributed by atoms with van der Waals surface area (Å²) in [6.07, 6.45) is 1.93. The van der Waals surface area contributed by atoms with Crippen LogP contribution >= 0.6 is 11.6 Å². The Bertz CT molecular complexity index is 248. The maximum Gasteiger partial charge on any atom is 0.242 e. The van der Waals surface area contributed by atoms with Crippen molar-refractivity contribution in [3.8, 4) is 6.07 Å². The molecule has 0 amide bonds. The Balaban J connectivity index is 2.52. The lowest BCUT2D eigenvalue weighted by atomic mass is 10.5. The molecule has 4 nitrogen and oxygen atoms in total. The minimum absolute atomic E-state index is 0.220. The van der Waals surface area contributed by atoms with Gasteiger partial charge in [-0.25, -0.2) is 4.98 Å². The molecular formula is C5H5ClN4. The molecule has 0 aliphatic heterocycles. The molecule has 1 aromatic heterocycles. The summed E-state index contributed by atoms with van der Waals surface area (Å²) < 4.78 is 1.53. The van der Waals surface area contributed by atoms with Crippen molar-refractivity contribution in [2.45, 2.75) is 13.0 Å². The highest BCUT2D eigenvalue weighted by Gasteiger charge is 1.94. The van der Waals surface area contributed by atoms with E-state index in [1.165, 1.54) is 11.0 Å². The van der Waals surface area contributed by atoms with E-state index in [9.17, 15) is 0 Å². The van der Waals surface area contributed by atoms with Gasteiger partial charge >= 0.3 is 0 Å². The van der Waals surface area contributed by atoms with Gasteiger partial charge < -0.3 is 0 Å². The van der Waals surface area contributed by atoms with Gasteiger partial charge in [0.15, 0.2) is 0 Å². The van der Waals surface area contributed by atoms with E-state index in [0.29, 0.717) is 13.0 Å². The van der Waals surface area contributed by atoms with Crippen molar-refractivity contribution in [3.05, 3.63) is 11.6 Å². The molecule has 0 aliphatic carbocycles. The Morgan fingerprint density at radius 1 is 1.80 bits per heavy atom. The van der Waals surface area contributed by atoms with Gasteiger partial charge in [-0.05, 0) is 11.6 Å². The maximum absolute atomic E-state index is 8.19. The SMILES string of the molecule is N#CCCn1cnc(Cl)n1. The molecule has 1 rings (SSSR count). The van der Waals surface area contributed by atoms with Crippen molar-refractivity contribution < 1.29 is 0 Å². The third-order valence-corrected chi connectivity index (χ3v) is 1.13. The lowest BCUT2D eigenvalue weighted by Gasteiger charge is -1.90. The molecule has 0 fully saturated rings. The number of rotatable bonds is 2. The highest BCUT2D eigenvalue weighted by molar-refractivity contribution is 6.28. The molecule has 0 N–H and O–H groups in total. The predicted molar refractivity (Wildman–Crippen MR) is 35.3 cm³/mol. The van der Waals surface area contributed by atoms with E-state index >= 15 is 0 Å². The van der Waals surface area contributed by atoms with Crippen molar-refractivity contribution >= 4 is 11.6 Å². The minimum atomic E-state index is 0.220. The molecule has 5 heteroatoms. The van der Waals surface area contributed by atoms with Crippen LogP contribution in [0.25, 0.3) is 0 Å². The Morgan fingerprint density at radius 2 is 2.60 bits per heavy atom. The minimum Gasteiger partial charge on any atom is -0.250 e. The van der Waals surface area contributed by atoms with Crippen LogP contribution < -0.4 is 0 Å². The molecule has 0 bridgehead atoms. The third-order valence-electron chi connectivity index (χ3n) is 0.961. The molecule has 1 aromatic rings. The topological polar surface area (TPSA) is 54.5 Å². The molecule has 0 aromatic carbocycles. The maximum atomic E-state index is 8.19. The fraction of sp³-hybridized carbons (Fsp3) is 0.400. The quantitative estimate of drug-likeness (QED) is 0.638. The molecule has 0 spiro atoms. The molecule has 0 unspecified atom stereocenters. The molecule has 0 radical (unpaired) electrons. The summed E-state index contributed by atoms with van der Waals surface area (Å²) in [5.74, 6) is 0. The first-order valence-electron chi connectivity index (χ1n) is 2.75. The Morgan fingerprint density at radius 3 is 3.10 bits per heavy atom. The van der Waals surface area contributed by atoms with Crippen LogP contribution in [0.5, 0.6) is 0 Å². The summed E-state index contributed by atoms with van der Waals surface area (Å²) in [6, 6.07) is 1.99. The van der Waals surface area contributed by atoms with Crippen LogP contribution in [0.15, 0.2) is 6.33 Å². The smallest absolute Gasteiger partial charge is 0.242 e. The zero-order valence-electron chi connectivity index (χ0n) is 5.16. The molecule has 10 heavy (non-hydrogen) atoms. The summed E-state index contributed by atoms with van der Waals surface area (Å²) in [7, 11) is 0. The van der Waals surface area contributed by atoms with E-state index in [0.717, 1.165) is 0 Å². The molecule has 0 saturated heterocycles. The zero-order valence-corrected chi connectivity index (χ0v) is 5.91. The van der Waals surface area contributed by atoms with Gasteiger partial charge in [-0.3, -0.25) is 4.68 Å². The number of nitrogens with zero attached hydrogens (tertiary/aromatic N) is 4. The second-order valence-electron chi connectivity index (χ2n) is 1.68. The van der Waals surface area contributed by atoms with Gasteiger partial charge in [0.05, 0.1) is 19.0 Å². The first-order valence-corrected chi connectivity index (χ1v) is 3.12. The lowest BCUT2D eigenvalue weighted by Crippen LogP contribution is -1.96. The third kappa shape index (κ3) is 1.71. The van der Waals surface area contributed by atoms with Crippen molar-refractivity contribution in [1.82, 2.24) is 14.8 Å². The van der Waals surface area contributed by atoms with Crippen molar-refractivity contribution in [2.75, 3.05) is 0 Å².